The molecule has 114 valence electrons. The third kappa shape index (κ3) is 4.55. The molecular weight excluding hydrogens is 270 g/mol. The van der Waals surface area contributed by atoms with Crippen molar-refractivity contribution in [1.29, 1.82) is 0 Å². The molecule has 0 saturated heterocycles. The van der Waals surface area contributed by atoms with E-state index in [1.54, 1.807) is 11.3 Å². The van der Waals surface area contributed by atoms with Crippen LogP contribution in [0.2, 0.25) is 0 Å². The van der Waals surface area contributed by atoms with Crippen molar-refractivity contribution in [3.63, 3.8) is 0 Å². The predicted octanol–water partition coefficient (Wildman–Crippen LogP) is 3.24. The average molecular weight is 297 g/mol. The van der Waals surface area contributed by atoms with Crippen LogP contribution in [0.4, 0.5) is 0 Å². The van der Waals surface area contributed by atoms with E-state index in [-0.39, 0.29) is 12.2 Å². The Kier molecular flexibility index (Phi) is 7.00. The van der Waals surface area contributed by atoms with Gasteiger partial charge in [0.2, 0.25) is 0 Å². The Bertz CT molecular complexity index is 355. The van der Waals surface area contributed by atoms with Gasteiger partial charge in [-0.2, -0.15) is 0 Å². The first kappa shape index (κ1) is 16.0. The minimum Gasteiger partial charge on any atom is -0.375 e. The maximum Gasteiger partial charge on any atom is 0.0990 e. The van der Waals surface area contributed by atoms with Gasteiger partial charge in [0.25, 0.3) is 0 Å². The van der Waals surface area contributed by atoms with Crippen molar-refractivity contribution >= 4 is 11.3 Å². The minimum atomic E-state index is 0.241. The summed E-state index contributed by atoms with van der Waals surface area (Å²) in [6, 6.07) is 4.75. The molecule has 3 atom stereocenters. The number of rotatable bonds is 10. The second-order valence-corrected chi connectivity index (χ2v) is 6.40. The van der Waals surface area contributed by atoms with Crippen molar-refractivity contribution in [3.8, 4) is 0 Å². The Labute approximate surface area is 126 Å². The van der Waals surface area contributed by atoms with E-state index >= 15 is 0 Å². The molecule has 1 heterocycles. The second kappa shape index (κ2) is 8.78. The normalized spacial score (nSPS) is 25.6. The summed E-state index contributed by atoms with van der Waals surface area (Å²) in [5.74, 6) is 0. The van der Waals surface area contributed by atoms with Crippen LogP contribution in [0.15, 0.2) is 17.5 Å². The highest BCUT2D eigenvalue weighted by atomic mass is 32.1. The standard InChI is InChI=1S/C16H27NO2S/c1-3-8-17-14-12-15(16(14)19-9-4-2)18-10-7-13-6-5-11-20-13/h5-6,11,14-17H,3-4,7-10,12H2,1-2H3. The number of nitrogens with one attached hydrogen (secondary N) is 1. The predicted molar refractivity (Wildman–Crippen MR) is 84.5 cm³/mol. The summed E-state index contributed by atoms with van der Waals surface area (Å²) < 4.78 is 12.0. The summed E-state index contributed by atoms with van der Waals surface area (Å²) in [5, 5.41) is 5.68. The molecule has 0 spiro atoms. The van der Waals surface area contributed by atoms with Gasteiger partial charge in [-0.1, -0.05) is 19.9 Å². The summed E-state index contributed by atoms with van der Waals surface area (Å²) in [5.41, 5.74) is 0. The van der Waals surface area contributed by atoms with Gasteiger partial charge in [0.05, 0.1) is 18.8 Å². The molecule has 1 aliphatic carbocycles. The van der Waals surface area contributed by atoms with Gasteiger partial charge < -0.3 is 14.8 Å². The number of ether oxygens (including phenoxy) is 2. The van der Waals surface area contributed by atoms with E-state index < -0.39 is 0 Å². The third-order valence-corrected chi connectivity index (χ3v) is 4.62. The molecule has 1 aromatic heterocycles. The maximum atomic E-state index is 6.01. The van der Waals surface area contributed by atoms with Crippen LogP contribution < -0.4 is 5.32 Å². The summed E-state index contributed by atoms with van der Waals surface area (Å²) in [4.78, 5) is 1.40. The smallest absolute Gasteiger partial charge is 0.0990 e. The second-order valence-electron chi connectivity index (χ2n) is 5.37. The molecule has 0 aliphatic heterocycles. The number of hydrogen-bond acceptors (Lipinski definition) is 4. The van der Waals surface area contributed by atoms with Crippen molar-refractivity contribution in [3.05, 3.63) is 22.4 Å². The first-order valence-electron chi connectivity index (χ1n) is 7.84. The molecule has 1 saturated carbocycles. The van der Waals surface area contributed by atoms with Crippen molar-refractivity contribution in [2.24, 2.45) is 0 Å². The van der Waals surface area contributed by atoms with Crippen LogP contribution in [0.5, 0.6) is 0 Å². The lowest BCUT2D eigenvalue weighted by molar-refractivity contribution is -0.146. The van der Waals surface area contributed by atoms with Gasteiger partial charge in [-0.3, -0.25) is 0 Å². The SMILES string of the molecule is CCCNC1CC(OCCc2cccs2)C1OCCC. The van der Waals surface area contributed by atoms with Crippen molar-refractivity contribution in [1.82, 2.24) is 5.32 Å². The minimum absolute atomic E-state index is 0.241. The molecule has 1 aliphatic rings. The molecule has 0 aromatic carbocycles. The monoisotopic (exact) mass is 297 g/mol. The fourth-order valence-corrected chi connectivity index (χ4v) is 3.21. The van der Waals surface area contributed by atoms with Gasteiger partial charge >= 0.3 is 0 Å². The van der Waals surface area contributed by atoms with E-state index in [0.717, 1.165) is 39.0 Å². The van der Waals surface area contributed by atoms with E-state index in [1.165, 1.54) is 11.3 Å². The fraction of sp³-hybridized carbons (Fsp3) is 0.750. The number of hydrogen-bond donors (Lipinski definition) is 1. The highest BCUT2D eigenvalue weighted by molar-refractivity contribution is 7.09. The topological polar surface area (TPSA) is 30.5 Å². The Balaban J connectivity index is 1.69. The summed E-state index contributed by atoms with van der Waals surface area (Å²) in [6.45, 7) is 7.05. The van der Waals surface area contributed by atoms with E-state index in [4.69, 9.17) is 9.47 Å². The van der Waals surface area contributed by atoms with E-state index in [2.05, 4.69) is 36.7 Å². The highest BCUT2D eigenvalue weighted by Crippen LogP contribution is 2.28. The van der Waals surface area contributed by atoms with Crippen LogP contribution >= 0.6 is 11.3 Å². The molecule has 1 fully saturated rings. The summed E-state index contributed by atoms with van der Waals surface area (Å²) in [6.07, 6.45) is 4.85. The third-order valence-electron chi connectivity index (χ3n) is 3.68. The molecule has 20 heavy (non-hydrogen) atoms. The van der Waals surface area contributed by atoms with Crippen molar-refractivity contribution in [2.45, 2.75) is 57.8 Å². The Morgan fingerprint density at radius 1 is 1.25 bits per heavy atom. The van der Waals surface area contributed by atoms with Crippen LogP contribution in [-0.4, -0.2) is 38.0 Å². The van der Waals surface area contributed by atoms with Crippen LogP contribution in [0.1, 0.15) is 38.0 Å². The lowest BCUT2D eigenvalue weighted by atomic mass is 9.85. The molecule has 4 heteroatoms. The number of thiophene rings is 1. The zero-order valence-electron chi connectivity index (χ0n) is 12.6. The average Bonchev–Trinajstić information content (AvgIpc) is 2.94. The van der Waals surface area contributed by atoms with Crippen LogP contribution in [0, 0.1) is 0 Å². The molecule has 2 rings (SSSR count). The molecule has 0 amide bonds. The zero-order chi connectivity index (χ0) is 14.2. The van der Waals surface area contributed by atoms with E-state index in [0.29, 0.717) is 6.04 Å². The fourth-order valence-electron chi connectivity index (χ4n) is 2.52. The zero-order valence-corrected chi connectivity index (χ0v) is 13.5. The van der Waals surface area contributed by atoms with Crippen molar-refractivity contribution < 1.29 is 9.47 Å². The molecule has 1 N–H and O–H groups in total. The van der Waals surface area contributed by atoms with Gasteiger partial charge in [0.15, 0.2) is 0 Å². The highest BCUT2D eigenvalue weighted by Gasteiger charge is 2.42. The lowest BCUT2D eigenvalue weighted by Gasteiger charge is -2.44. The first-order chi connectivity index (χ1) is 9.85. The van der Waals surface area contributed by atoms with E-state index in [9.17, 15) is 0 Å². The van der Waals surface area contributed by atoms with Gasteiger partial charge in [-0.05, 0) is 37.3 Å². The van der Waals surface area contributed by atoms with Gasteiger partial charge in [0, 0.05) is 23.9 Å². The maximum absolute atomic E-state index is 6.01. The first-order valence-corrected chi connectivity index (χ1v) is 8.72. The summed E-state index contributed by atoms with van der Waals surface area (Å²) >= 11 is 1.80. The largest absolute Gasteiger partial charge is 0.375 e. The molecule has 3 unspecified atom stereocenters. The van der Waals surface area contributed by atoms with Gasteiger partial charge in [-0.15, -0.1) is 11.3 Å². The van der Waals surface area contributed by atoms with Crippen molar-refractivity contribution in [2.75, 3.05) is 19.8 Å². The Morgan fingerprint density at radius 2 is 2.15 bits per heavy atom. The Hall–Kier alpha value is -0.420. The van der Waals surface area contributed by atoms with Crippen LogP contribution in [-0.2, 0) is 15.9 Å². The van der Waals surface area contributed by atoms with E-state index in [1.807, 2.05) is 0 Å². The van der Waals surface area contributed by atoms with Gasteiger partial charge in [0.1, 0.15) is 0 Å². The van der Waals surface area contributed by atoms with Crippen LogP contribution in [0.3, 0.4) is 0 Å². The molecule has 1 aromatic rings. The lowest BCUT2D eigenvalue weighted by Crippen LogP contribution is -2.60. The molecular formula is C16H27NO2S. The summed E-state index contributed by atoms with van der Waals surface area (Å²) in [7, 11) is 0. The molecule has 3 nitrogen and oxygen atoms in total. The van der Waals surface area contributed by atoms with Gasteiger partial charge in [-0.25, -0.2) is 0 Å². The quantitative estimate of drug-likeness (QED) is 0.719. The Morgan fingerprint density at radius 3 is 2.85 bits per heavy atom. The molecule has 0 bridgehead atoms. The molecule has 0 radical (unpaired) electrons. The van der Waals surface area contributed by atoms with Crippen LogP contribution in [0.25, 0.3) is 0 Å².